The van der Waals surface area contributed by atoms with Crippen LogP contribution in [0.25, 0.3) is 0 Å². The molecule has 0 aromatic heterocycles. The number of aryl methyl sites for hydroxylation is 1. The van der Waals surface area contributed by atoms with Crippen molar-refractivity contribution in [2.75, 3.05) is 11.9 Å². The summed E-state index contributed by atoms with van der Waals surface area (Å²) >= 11 is 0. The normalized spacial score (nSPS) is 13.4. The summed E-state index contributed by atoms with van der Waals surface area (Å²) in [5.41, 5.74) is 1.75. The number of ether oxygens (including phenoxy) is 1. The Balaban J connectivity index is 2.20. The van der Waals surface area contributed by atoms with Crippen LogP contribution in [-0.2, 0) is 11.2 Å². The van der Waals surface area contributed by atoms with Gasteiger partial charge in [-0.05, 0) is 24.1 Å². The number of hydrogen-bond acceptors (Lipinski definition) is 3. The van der Waals surface area contributed by atoms with E-state index in [-0.39, 0.29) is 12.5 Å². The van der Waals surface area contributed by atoms with E-state index in [0.29, 0.717) is 24.3 Å². The first-order valence-electron chi connectivity index (χ1n) is 4.72. The monoisotopic (exact) mass is 202 g/mol. The van der Waals surface area contributed by atoms with Gasteiger partial charge >= 0.3 is 0 Å². The van der Waals surface area contributed by atoms with E-state index in [2.05, 4.69) is 11.4 Å². The molecule has 4 nitrogen and oxygen atoms in total. The minimum absolute atomic E-state index is 0.0642. The molecule has 2 rings (SSSR count). The fraction of sp³-hybridized carbons (Fsp3) is 0.273. The first-order chi connectivity index (χ1) is 7.29. The molecular weight excluding hydrogens is 192 g/mol. The van der Waals surface area contributed by atoms with Crippen LogP contribution in [0.5, 0.6) is 5.75 Å². The van der Waals surface area contributed by atoms with Crippen LogP contribution in [-0.4, -0.2) is 12.5 Å². The van der Waals surface area contributed by atoms with E-state index in [9.17, 15) is 4.79 Å². The summed E-state index contributed by atoms with van der Waals surface area (Å²) in [7, 11) is 0. The Labute approximate surface area is 87.5 Å². The Kier molecular flexibility index (Phi) is 2.55. The van der Waals surface area contributed by atoms with Gasteiger partial charge in [-0.3, -0.25) is 4.79 Å². The third-order valence-electron chi connectivity index (χ3n) is 2.20. The van der Waals surface area contributed by atoms with Crippen LogP contribution in [0.1, 0.15) is 12.0 Å². The van der Waals surface area contributed by atoms with Crippen LogP contribution in [0.3, 0.4) is 0 Å². The molecular formula is C11H10N2O2. The van der Waals surface area contributed by atoms with Gasteiger partial charge in [0.1, 0.15) is 5.75 Å². The molecule has 0 saturated heterocycles. The summed E-state index contributed by atoms with van der Waals surface area (Å²) in [6, 6.07) is 7.66. The number of amides is 1. The minimum Gasteiger partial charge on any atom is -0.482 e. The number of nitriles is 1. The lowest BCUT2D eigenvalue weighted by Gasteiger charge is -2.18. The zero-order valence-corrected chi connectivity index (χ0v) is 8.12. The molecule has 0 spiro atoms. The first kappa shape index (κ1) is 9.53. The highest BCUT2D eigenvalue weighted by Gasteiger charge is 2.15. The van der Waals surface area contributed by atoms with Crippen LogP contribution in [0.2, 0.25) is 0 Å². The molecule has 0 bridgehead atoms. The van der Waals surface area contributed by atoms with Gasteiger partial charge in [0.2, 0.25) is 0 Å². The Morgan fingerprint density at radius 2 is 2.40 bits per heavy atom. The number of carbonyl (C=O) groups is 1. The maximum Gasteiger partial charge on any atom is 0.262 e. The van der Waals surface area contributed by atoms with Gasteiger partial charge in [0.15, 0.2) is 6.61 Å². The molecule has 1 aliphatic rings. The van der Waals surface area contributed by atoms with E-state index < -0.39 is 0 Å². The van der Waals surface area contributed by atoms with E-state index in [1.165, 1.54) is 0 Å². The molecule has 76 valence electrons. The van der Waals surface area contributed by atoms with Crippen LogP contribution >= 0.6 is 0 Å². The second-order valence-electron chi connectivity index (χ2n) is 3.33. The number of anilines is 1. The average molecular weight is 202 g/mol. The van der Waals surface area contributed by atoms with E-state index in [1.807, 2.05) is 12.1 Å². The molecule has 1 heterocycles. The molecule has 4 heteroatoms. The van der Waals surface area contributed by atoms with Gasteiger partial charge in [-0.2, -0.15) is 5.26 Å². The summed E-state index contributed by atoms with van der Waals surface area (Å²) in [6.07, 6.45) is 1.20. The third-order valence-corrected chi connectivity index (χ3v) is 2.20. The number of nitrogens with zero attached hydrogens (tertiary/aromatic N) is 1. The Bertz CT molecular complexity index is 435. The second-order valence-corrected chi connectivity index (χ2v) is 3.33. The van der Waals surface area contributed by atoms with Gasteiger partial charge in [0, 0.05) is 6.42 Å². The lowest BCUT2D eigenvalue weighted by molar-refractivity contribution is -0.118. The quantitative estimate of drug-likeness (QED) is 0.789. The van der Waals surface area contributed by atoms with Crippen LogP contribution in [0.4, 0.5) is 5.69 Å². The predicted molar refractivity (Wildman–Crippen MR) is 54.5 cm³/mol. The van der Waals surface area contributed by atoms with E-state index in [4.69, 9.17) is 10.00 Å². The Morgan fingerprint density at radius 3 is 3.20 bits per heavy atom. The fourth-order valence-corrected chi connectivity index (χ4v) is 1.47. The average Bonchev–Trinajstić information content (AvgIpc) is 2.26. The number of carbonyl (C=O) groups excluding carboxylic acids is 1. The van der Waals surface area contributed by atoms with Crippen LogP contribution in [0.15, 0.2) is 18.2 Å². The SMILES string of the molecule is N#CCCc1ccc2c(c1)OCC(=O)N2. The lowest BCUT2D eigenvalue weighted by atomic mass is 10.1. The molecule has 0 fully saturated rings. The molecule has 1 aromatic carbocycles. The van der Waals surface area contributed by atoms with Crippen LogP contribution < -0.4 is 10.1 Å². The maximum absolute atomic E-state index is 11.0. The second kappa shape index (κ2) is 4.01. The third kappa shape index (κ3) is 2.08. The molecule has 0 atom stereocenters. The Hall–Kier alpha value is -2.02. The minimum atomic E-state index is -0.132. The van der Waals surface area contributed by atoms with E-state index in [0.717, 1.165) is 5.56 Å². The zero-order chi connectivity index (χ0) is 10.7. The molecule has 0 unspecified atom stereocenters. The molecule has 1 N–H and O–H groups in total. The van der Waals surface area contributed by atoms with Gasteiger partial charge in [-0.1, -0.05) is 6.07 Å². The summed E-state index contributed by atoms with van der Waals surface area (Å²) in [5, 5.41) is 11.2. The lowest BCUT2D eigenvalue weighted by Crippen LogP contribution is -2.25. The summed E-state index contributed by atoms with van der Waals surface area (Å²) in [6.45, 7) is 0.0642. The number of nitrogens with one attached hydrogen (secondary N) is 1. The van der Waals surface area contributed by atoms with Crippen molar-refractivity contribution < 1.29 is 9.53 Å². The van der Waals surface area contributed by atoms with E-state index >= 15 is 0 Å². The number of hydrogen-bond donors (Lipinski definition) is 1. The first-order valence-corrected chi connectivity index (χ1v) is 4.72. The largest absolute Gasteiger partial charge is 0.482 e. The van der Waals surface area contributed by atoms with Crippen molar-refractivity contribution in [2.24, 2.45) is 0 Å². The topological polar surface area (TPSA) is 62.1 Å². The molecule has 1 aliphatic heterocycles. The van der Waals surface area contributed by atoms with Crippen LogP contribution in [0, 0.1) is 11.3 Å². The molecule has 0 aliphatic carbocycles. The van der Waals surface area contributed by atoms with E-state index in [1.54, 1.807) is 6.07 Å². The number of fused-ring (bicyclic) bond motifs is 1. The fourth-order valence-electron chi connectivity index (χ4n) is 1.47. The summed E-state index contributed by atoms with van der Waals surface area (Å²) < 4.78 is 5.26. The van der Waals surface area contributed by atoms with Crippen molar-refractivity contribution in [3.8, 4) is 11.8 Å². The van der Waals surface area contributed by atoms with Gasteiger partial charge < -0.3 is 10.1 Å². The molecule has 1 aromatic rings. The molecule has 1 amide bonds. The Morgan fingerprint density at radius 1 is 1.53 bits per heavy atom. The molecule has 0 radical (unpaired) electrons. The number of rotatable bonds is 2. The highest BCUT2D eigenvalue weighted by atomic mass is 16.5. The molecule has 0 saturated carbocycles. The van der Waals surface area contributed by atoms with Crippen molar-refractivity contribution in [1.82, 2.24) is 0 Å². The van der Waals surface area contributed by atoms with Gasteiger partial charge in [0.25, 0.3) is 5.91 Å². The van der Waals surface area contributed by atoms with Gasteiger partial charge in [0.05, 0.1) is 11.8 Å². The standard InChI is InChI=1S/C11H10N2O2/c12-5-1-2-8-3-4-9-10(6-8)15-7-11(14)13-9/h3-4,6H,1-2,7H2,(H,13,14). The van der Waals surface area contributed by atoms with Crippen molar-refractivity contribution in [2.45, 2.75) is 12.8 Å². The van der Waals surface area contributed by atoms with Crippen molar-refractivity contribution in [3.05, 3.63) is 23.8 Å². The van der Waals surface area contributed by atoms with Crippen molar-refractivity contribution in [1.29, 1.82) is 5.26 Å². The zero-order valence-electron chi connectivity index (χ0n) is 8.12. The van der Waals surface area contributed by atoms with Crippen molar-refractivity contribution >= 4 is 11.6 Å². The summed E-state index contributed by atoms with van der Waals surface area (Å²) in [4.78, 5) is 11.0. The predicted octanol–water partition coefficient (Wildman–Crippen LogP) is 1.47. The summed E-state index contributed by atoms with van der Waals surface area (Å²) in [5.74, 6) is 0.553. The van der Waals surface area contributed by atoms with Gasteiger partial charge in [-0.25, -0.2) is 0 Å². The van der Waals surface area contributed by atoms with Crippen molar-refractivity contribution in [3.63, 3.8) is 0 Å². The number of benzene rings is 1. The maximum atomic E-state index is 11.0. The highest BCUT2D eigenvalue weighted by Crippen LogP contribution is 2.28. The molecule has 15 heavy (non-hydrogen) atoms. The smallest absolute Gasteiger partial charge is 0.262 e. The highest BCUT2D eigenvalue weighted by molar-refractivity contribution is 5.95. The van der Waals surface area contributed by atoms with Gasteiger partial charge in [-0.15, -0.1) is 0 Å².